The molecule has 0 heterocycles. The molecule has 0 spiro atoms. The predicted octanol–water partition coefficient (Wildman–Crippen LogP) is 4.72. The van der Waals surface area contributed by atoms with Crippen molar-refractivity contribution in [1.82, 2.24) is 0 Å². The van der Waals surface area contributed by atoms with Crippen LogP contribution in [0.4, 0.5) is 0 Å². The number of carbonyl (C=O) groups excluding carboxylic acids is 2. The molecule has 1 unspecified atom stereocenters. The van der Waals surface area contributed by atoms with Gasteiger partial charge in [0.15, 0.2) is 0 Å². The van der Waals surface area contributed by atoms with Gasteiger partial charge in [-0.05, 0) is 34.8 Å². The summed E-state index contributed by atoms with van der Waals surface area (Å²) in [5, 5.41) is 3.32. The molecule has 24 heavy (non-hydrogen) atoms. The van der Waals surface area contributed by atoms with Gasteiger partial charge in [-0.3, -0.25) is 4.79 Å². The predicted molar refractivity (Wildman–Crippen MR) is 92.7 cm³/mol. The van der Waals surface area contributed by atoms with E-state index in [2.05, 4.69) is 10.0 Å². The van der Waals surface area contributed by atoms with Gasteiger partial charge in [-0.15, -0.1) is 0 Å². The summed E-state index contributed by atoms with van der Waals surface area (Å²) >= 11 is 0. The molecule has 0 N–H and O–H groups in total. The highest BCUT2D eigenvalue weighted by atomic mass is 28.4. The molecule has 1 atom stereocenters. The Kier molecular flexibility index (Phi) is 6.17. The minimum absolute atomic E-state index is 0.141. The second-order valence-corrected chi connectivity index (χ2v) is 11.6. The maximum atomic E-state index is 12.7. The molecule has 0 aliphatic rings. The zero-order valence-corrected chi connectivity index (χ0v) is 15.9. The van der Waals surface area contributed by atoms with E-state index in [1.807, 2.05) is 33.9 Å². The van der Waals surface area contributed by atoms with Crippen LogP contribution in [-0.2, 0) is 14.0 Å². The molecule has 0 saturated carbocycles. The SMILES string of the molecule is CC(=O)OC(N=[N+]=[N-])c1ccccc1C(=O)O[Si](C)(C)C(C)(C)C. The number of nitrogens with zero attached hydrogens (tertiary/aromatic N) is 3. The van der Waals surface area contributed by atoms with E-state index in [9.17, 15) is 9.59 Å². The summed E-state index contributed by atoms with van der Waals surface area (Å²) in [6.07, 6.45) is -1.21. The van der Waals surface area contributed by atoms with Crippen LogP contribution < -0.4 is 0 Å². The summed E-state index contributed by atoms with van der Waals surface area (Å²) < 4.78 is 10.8. The molecular weight excluding hydrogens is 326 g/mol. The Hall–Kier alpha value is -2.31. The summed E-state index contributed by atoms with van der Waals surface area (Å²) in [4.78, 5) is 26.6. The smallest absolute Gasteiger partial charge is 0.325 e. The van der Waals surface area contributed by atoms with Crippen molar-refractivity contribution in [2.24, 2.45) is 5.11 Å². The fourth-order valence-electron chi connectivity index (χ4n) is 1.69. The molecule has 0 saturated heterocycles. The maximum Gasteiger partial charge on any atom is 0.325 e. The van der Waals surface area contributed by atoms with Crippen molar-refractivity contribution in [3.05, 3.63) is 45.8 Å². The van der Waals surface area contributed by atoms with Gasteiger partial charge in [0.2, 0.25) is 6.23 Å². The summed E-state index contributed by atoms with van der Waals surface area (Å²) in [7, 11) is -2.32. The molecule has 1 rings (SSSR count). The molecule has 130 valence electrons. The average Bonchev–Trinajstić information content (AvgIpc) is 2.44. The highest BCUT2D eigenvalue weighted by Gasteiger charge is 2.41. The number of ether oxygens (including phenoxy) is 1. The van der Waals surface area contributed by atoms with Crippen LogP contribution in [0.3, 0.4) is 0 Å². The Morgan fingerprint density at radius 3 is 2.33 bits per heavy atom. The minimum Gasteiger partial charge on any atom is -0.516 e. The zero-order valence-electron chi connectivity index (χ0n) is 14.9. The molecule has 8 heteroatoms. The van der Waals surface area contributed by atoms with Crippen molar-refractivity contribution < 1.29 is 18.8 Å². The first-order chi connectivity index (χ1) is 11.0. The number of rotatable bonds is 5. The molecule has 7 nitrogen and oxygen atoms in total. The van der Waals surface area contributed by atoms with E-state index in [1.54, 1.807) is 24.3 Å². The standard InChI is InChI=1S/C16H23N3O4Si/c1-11(20)22-14(18-19-17)12-9-7-8-10-13(12)15(21)23-24(5,6)16(2,3)4/h7-10,14H,1-6H3. The molecule has 0 amide bonds. The highest BCUT2D eigenvalue weighted by Crippen LogP contribution is 2.37. The monoisotopic (exact) mass is 349 g/mol. The molecule has 0 aliphatic heterocycles. The number of hydrogen-bond acceptors (Lipinski definition) is 5. The van der Waals surface area contributed by atoms with Gasteiger partial charge >= 0.3 is 11.9 Å². The van der Waals surface area contributed by atoms with Gasteiger partial charge in [-0.1, -0.05) is 39.0 Å². The average molecular weight is 349 g/mol. The molecular formula is C16H23N3O4Si. The van der Waals surface area contributed by atoms with Gasteiger partial charge in [0.25, 0.3) is 8.32 Å². The quantitative estimate of drug-likeness (QED) is 0.252. The fraction of sp³-hybridized carbons (Fsp3) is 0.500. The summed E-state index contributed by atoms with van der Waals surface area (Å²) in [6, 6.07) is 6.48. The van der Waals surface area contributed by atoms with Crippen LogP contribution >= 0.6 is 0 Å². The van der Waals surface area contributed by atoms with Crippen molar-refractivity contribution in [1.29, 1.82) is 0 Å². The third-order valence-electron chi connectivity index (χ3n) is 4.03. The van der Waals surface area contributed by atoms with Crippen LogP contribution in [0.5, 0.6) is 0 Å². The third-order valence-corrected chi connectivity index (χ3v) is 8.34. The summed E-state index contributed by atoms with van der Waals surface area (Å²) in [5.74, 6) is -1.12. The molecule has 0 radical (unpaired) electrons. The topological polar surface area (TPSA) is 101 Å². The van der Waals surface area contributed by atoms with Crippen LogP contribution in [0.1, 0.15) is 49.8 Å². The zero-order chi connectivity index (χ0) is 18.5. The first-order valence-corrected chi connectivity index (χ1v) is 10.4. The highest BCUT2D eigenvalue weighted by molar-refractivity contribution is 6.75. The fourth-order valence-corrected chi connectivity index (χ4v) is 2.57. The van der Waals surface area contributed by atoms with Crippen LogP contribution in [0.15, 0.2) is 29.4 Å². The largest absolute Gasteiger partial charge is 0.516 e. The van der Waals surface area contributed by atoms with Gasteiger partial charge in [-0.25, -0.2) is 4.79 Å². The normalized spacial score (nSPS) is 12.8. The lowest BCUT2D eigenvalue weighted by Crippen LogP contribution is -2.42. The molecule has 0 aromatic heterocycles. The van der Waals surface area contributed by atoms with Crippen LogP contribution in [0.25, 0.3) is 10.4 Å². The second kappa shape index (κ2) is 7.50. The van der Waals surface area contributed by atoms with Gasteiger partial charge in [0.05, 0.1) is 5.56 Å². The Morgan fingerprint density at radius 1 is 1.25 bits per heavy atom. The van der Waals surface area contributed by atoms with Crippen molar-refractivity contribution in [2.45, 2.75) is 52.1 Å². The van der Waals surface area contributed by atoms with Gasteiger partial charge < -0.3 is 9.16 Å². The Morgan fingerprint density at radius 2 is 1.83 bits per heavy atom. The van der Waals surface area contributed by atoms with Crippen molar-refractivity contribution in [2.75, 3.05) is 0 Å². The van der Waals surface area contributed by atoms with Crippen LogP contribution in [0, 0.1) is 0 Å². The Bertz CT molecular complexity index is 676. The lowest BCUT2D eigenvalue weighted by Gasteiger charge is -2.35. The van der Waals surface area contributed by atoms with Gasteiger partial charge in [0, 0.05) is 17.4 Å². The minimum atomic E-state index is -2.32. The van der Waals surface area contributed by atoms with E-state index in [1.165, 1.54) is 6.92 Å². The first kappa shape index (κ1) is 19.7. The maximum absolute atomic E-state index is 12.7. The van der Waals surface area contributed by atoms with E-state index in [0.717, 1.165) is 0 Å². The van der Waals surface area contributed by atoms with E-state index in [0.29, 0.717) is 5.56 Å². The van der Waals surface area contributed by atoms with Crippen molar-refractivity contribution >= 4 is 20.3 Å². The number of benzene rings is 1. The number of carbonyl (C=O) groups is 2. The van der Waals surface area contributed by atoms with E-state index < -0.39 is 26.5 Å². The van der Waals surface area contributed by atoms with E-state index in [4.69, 9.17) is 14.7 Å². The van der Waals surface area contributed by atoms with E-state index in [-0.39, 0.29) is 10.6 Å². The van der Waals surface area contributed by atoms with E-state index >= 15 is 0 Å². The van der Waals surface area contributed by atoms with Crippen molar-refractivity contribution in [3.63, 3.8) is 0 Å². The van der Waals surface area contributed by atoms with Gasteiger partial charge in [0.1, 0.15) is 0 Å². The van der Waals surface area contributed by atoms with Crippen molar-refractivity contribution in [3.8, 4) is 0 Å². The molecule has 0 aliphatic carbocycles. The van der Waals surface area contributed by atoms with Gasteiger partial charge in [-0.2, -0.15) is 0 Å². The number of azide groups is 1. The summed E-state index contributed by atoms with van der Waals surface area (Å²) in [5.41, 5.74) is 9.21. The lowest BCUT2D eigenvalue weighted by atomic mass is 10.1. The molecule has 1 aromatic carbocycles. The lowest BCUT2D eigenvalue weighted by molar-refractivity contribution is -0.146. The second-order valence-electron chi connectivity index (χ2n) is 6.90. The molecule has 0 bridgehead atoms. The Balaban J connectivity index is 3.24. The van der Waals surface area contributed by atoms with Crippen LogP contribution in [0.2, 0.25) is 18.1 Å². The van der Waals surface area contributed by atoms with Crippen LogP contribution in [-0.4, -0.2) is 20.3 Å². The summed E-state index contributed by atoms with van der Waals surface area (Å²) in [6.45, 7) is 11.2. The first-order valence-electron chi connectivity index (χ1n) is 7.53. The molecule has 1 aromatic rings. The Labute approximate surface area is 142 Å². The number of esters is 1. The third kappa shape index (κ3) is 4.84. The number of hydrogen-bond donors (Lipinski definition) is 0. The molecule has 0 fully saturated rings.